The molecule has 1 aliphatic heterocycles. The van der Waals surface area contributed by atoms with Gasteiger partial charge in [-0.05, 0) is 25.8 Å². The summed E-state index contributed by atoms with van der Waals surface area (Å²) in [4.78, 5) is 19.4. The van der Waals surface area contributed by atoms with Crippen molar-refractivity contribution in [3.05, 3.63) is 53.7 Å². The van der Waals surface area contributed by atoms with Crippen LogP contribution in [0.3, 0.4) is 0 Å². The Kier molecular flexibility index (Phi) is 5.41. The number of hydrogen-bond donors (Lipinski definition) is 1. The number of rotatable bonds is 5. The molecule has 3 unspecified atom stereocenters. The molecule has 0 bridgehead atoms. The van der Waals surface area contributed by atoms with Crippen molar-refractivity contribution in [2.45, 2.75) is 44.1 Å². The van der Waals surface area contributed by atoms with Crippen molar-refractivity contribution in [2.75, 3.05) is 0 Å². The number of ketones is 1. The molecule has 1 aliphatic rings. The first-order valence-electron chi connectivity index (χ1n) is 8.32. The number of carbonyl (C=O) groups is 1. The highest BCUT2D eigenvalue weighted by Gasteiger charge is 2.44. The molecule has 0 radical (unpaired) electrons. The van der Waals surface area contributed by atoms with E-state index >= 15 is 0 Å². The molecule has 0 spiro atoms. The Morgan fingerprint density at radius 3 is 2.52 bits per heavy atom. The van der Waals surface area contributed by atoms with Crippen LogP contribution in [0.1, 0.15) is 43.2 Å². The Bertz CT molecular complexity index is 811. The van der Waals surface area contributed by atoms with Gasteiger partial charge in [-0.3, -0.25) is 15.1 Å². The molecule has 3 atom stereocenters. The number of carbonyl (C=O) groups excluding carboxylic acids is 1. The number of Topliss-reactive ketones (excluding diaryl/α,β-unsaturated/α-hetero) is 1. The molecule has 1 saturated heterocycles. The van der Waals surface area contributed by atoms with Gasteiger partial charge in [-0.25, -0.2) is 9.37 Å². The maximum atomic E-state index is 13.8. The van der Waals surface area contributed by atoms with Crippen LogP contribution in [-0.4, -0.2) is 28.0 Å². The SMILES string of the molecule is CC(=O)C1CCC(c2cnc(OC(c3ccccc3F)C(F)(F)F)cn2)N1. The summed E-state index contributed by atoms with van der Waals surface area (Å²) in [7, 11) is 0. The molecule has 1 fully saturated rings. The van der Waals surface area contributed by atoms with Gasteiger partial charge >= 0.3 is 6.18 Å². The fourth-order valence-electron chi connectivity index (χ4n) is 2.98. The summed E-state index contributed by atoms with van der Waals surface area (Å²) in [5.74, 6) is -1.37. The second kappa shape index (κ2) is 7.59. The number of aromatic nitrogens is 2. The zero-order valence-electron chi connectivity index (χ0n) is 14.3. The lowest BCUT2D eigenvalue weighted by Crippen LogP contribution is -2.30. The van der Waals surface area contributed by atoms with Crippen molar-refractivity contribution in [2.24, 2.45) is 0 Å². The van der Waals surface area contributed by atoms with Crippen LogP contribution in [0.2, 0.25) is 0 Å². The fourth-order valence-corrected chi connectivity index (χ4v) is 2.98. The molecule has 2 heterocycles. The zero-order valence-corrected chi connectivity index (χ0v) is 14.3. The third-order valence-electron chi connectivity index (χ3n) is 4.37. The summed E-state index contributed by atoms with van der Waals surface area (Å²) in [6.07, 6.45) is -3.64. The standard InChI is InChI=1S/C18H17F4N3O2/c1-10(26)13-6-7-14(25-13)15-8-24-16(9-23-15)27-17(18(20,21)22)11-4-2-3-5-12(11)19/h2-5,8-9,13-14,17,25H,6-7H2,1H3. The van der Waals surface area contributed by atoms with E-state index in [2.05, 4.69) is 15.3 Å². The quantitative estimate of drug-likeness (QED) is 0.798. The lowest BCUT2D eigenvalue weighted by Gasteiger charge is -2.22. The summed E-state index contributed by atoms with van der Waals surface area (Å²) in [5.41, 5.74) is -0.127. The summed E-state index contributed by atoms with van der Waals surface area (Å²) in [6.45, 7) is 1.49. The van der Waals surface area contributed by atoms with Gasteiger partial charge in [-0.1, -0.05) is 18.2 Å². The Morgan fingerprint density at radius 1 is 1.22 bits per heavy atom. The number of alkyl halides is 3. The number of ether oxygens (including phenoxy) is 1. The highest BCUT2D eigenvalue weighted by molar-refractivity contribution is 5.81. The molecule has 27 heavy (non-hydrogen) atoms. The first-order valence-corrected chi connectivity index (χ1v) is 8.32. The van der Waals surface area contributed by atoms with Gasteiger partial charge in [0.15, 0.2) is 0 Å². The van der Waals surface area contributed by atoms with Gasteiger partial charge in [0.2, 0.25) is 12.0 Å². The average Bonchev–Trinajstić information content (AvgIpc) is 3.10. The fraction of sp³-hybridized carbons (Fsp3) is 0.389. The van der Waals surface area contributed by atoms with Crippen LogP contribution in [0.5, 0.6) is 5.88 Å². The molecule has 144 valence electrons. The van der Waals surface area contributed by atoms with Crippen LogP contribution in [0, 0.1) is 5.82 Å². The Balaban J connectivity index is 1.76. The van der Waals surface area contributed by atoms with E-state index in [0.717, 1.165) is 18.3 Å². The molecule has 9 heteroatoms. The molecule has 1 aromatic carbocycles. The number of nitrogens with one attached hydrogen (secondary N) is 1. The minimum atomic E-state index is -4.83. The van der Waals surface area contributed by atoms with E-state index in [0.29, 0.717) is 18.5 Å². The summed E-state index contributed by atoms with van der Waals surface area (Å²) in [5, 5.41) is 3.10. The van der Waals surface area contributed by atoms with Gasteiger partial charge in [0.25, 0.3) is 0 Å². The van der Waals surface area contributed by atoms with Gasteiger partial charge in [0, 0.05) is 5.56 Å². The summed E-state index contributed by atoms with van der Waals surface area (Å²) in [6, 6.07) is 4.08. The van der Waals surface area contributed by atoms with Crippen molar-refractivity contribution < 1.29 is 27.1 Å². The summed E-state index contributed by atoms with van der Waals surface area (Å²) < 4.78 is 58.7. The predicted octanol–water partition coefficient (Wildman–Crippen LogP) is 3.68. The van der Waals surface area contributed by atoms with Gasteiger partial charge in [-0.2, -0.15) is 13.2 Å². The van der Waals surface area contributed by atoms with E-state index < -0.39 is 23.7 Å². The van der Waals surface area contributed by atoms with Gasteiger partial charge < -0.3 is 4.74 Å². The molecular formula is C18H17F4N3O2. The van der Waals surface area contributed by atoms with E-state index in [4.69, 9.17) is 4.74 Å². The number of halogens is 4. The Morgan fingerprint density at radius 2 is 1.96 bits per heavy atom. The van der Waals surface area contributed by atoms with E-state index in [9.17, 15) is 22.4 Å². The monoisotopic (exact) mass is 383 g/mol. The minimum absolute atomic E-state index is 0.0170. The van der Waals surface area contributed by atoms with Gasteiger partial charge in [-0.15, -0.1) is 0 Å². The topological polar surface area (TPSA) is 64.1 Å². The number of benzene rings is 1. The van der Waals surface area contributed by atoms with E-state index in [1.54, 1.807) is 0 Å². The van der Waals surface area contributed by atoms with Crippen molar-refractivity contribution in [3.8, 4) is 5.88 Å². The van der Waals surface area contributed by atoms with Crippen molar-refractivity contribution in [3.63, 3.8) is 0 Å². The first kappa shape index (κ1) is 19.2. The third-order valence-corrected chi connectivity index (χ3v) is 4.37. The number of hydrogen-bond acceptors (Lipinski definition) is 5. The first-order chi connectivity index (χ1) is 12.8. The van der Waals surface area contributed by atoms with E-state index in [-0.39, 0.29) is 23.7 Å². The zero-order chi connectivity index (χ0) is 19.6. The largest absolute Gasteiger partial charge is 0.458 e. The maximum absolute atomic E-state index is 13.8. The lowest BCUT2D eigenvalue weighted by atomic mass is 10.1. The molecular weight excluding hydrogens is 366 g/mol. The highest BCUT2D eigenvalue weighted by atomic mass is 19.4. The smallest absolute Gasteiger partial charge is 0.429 e. The highest BCUT2D eigenvalue weighted by Crippen LogP contribution is 2.37. The molecule has 5 nitrogen and oxygen atoms in total. The van der Waals surface area contributed by atoms with Crippen molar-refractivity contribution in [1.29, 1.82) is 0 Å². The van der Waals surface area contributed by atoms with E-state index in [1.807, 2.05) is 0 Å². The molecule has 3 rings (SSSR count). The lowest BCUT2D eigenvalue weighted by molar-refractivity contribution is -0.199. The molecule has 1 N–H and O–H groups in total. The minimum Gasteiger partial charge on any atom is -0.458 e. The van der Waals surface area contributed by atoms with Crippen LogP contribution in [0.25, 0.3) is 0 Å². The van der Waals surface area contributed by atoms with Crippen LogP contribution in [0.4, 0.5) is 17.6 Å². The summed E-state index contributed by atoms with van der Waals surface area (Å²) >= 11 is 0. The predicted molar refractivity (Wildman–Crippen MR) is 87.4 cm³/mol. The second-order valence-corrected chi connectivity index (χ2v) is 6.30. The van der Waals surface area contributed by atoms with E-state index in [1.165, 1.54) is 25.3 Å². The van der Waals surface area contributed by atoms with Crippen LogP contribution < -0.4 is 10.1 Å². The normalized spacial score (nSPS) is 21.1. The Hall–Kier alpha value is -2.55. The maximum Gasteiger partial charge on any atom is 0.429 e. The van der Waals surface area contributed by atoms with Crippen LogP contribution in [0.15, 0.2) is 36.7 Å². The molecule has 1 aromatic heterocycles. The molecule has 0 saturated carbocycles. The molecule has 0 amide bonds. The van der Waals surface area contributed by atoms with Crippen LogP contribution >= 0.6 is 0 Å². The van der Waals surface area contributed by atoms with Gasteiger partial charge in [0.1, 0.15) is 11.6 Å². The molecule has 2 aromatic rings. The number of nitrogens with zero attached hydrogens (tertiary/aromatic N) is 2. The van der Waals surface area contributed by atoms with Gasteiger partial charge in [0.05, 0.1) is 30.2 Å². The average molecular weight is 383 g/mol. The second-order valence-electron chi connectivity index (χ2n) is 6.30. The molecule has 0 aliphatic carbocycles. The van der Waals surface area contributed by atoms with Crippen molar-refractivity contribution >= 4 is 5.78 Å². The van der Waals surface area contributed by atoms with Crippen molar-refractivity contribution in [1.82, 2.24) is 15.3 Å². The Labute approximate surface area is 152 Å². The van der Waals surface area contributed by atoms with Crippen LogP contribution in [-0.2, 0) is 4.79 Å². The third kappa shape index (κ3) is 4.41.